The molecule has 0 amide bonds. The van der Waals surface area contributed by atoms with E-state index in [0.29, 0.717) is 35.3 Å². The van der Waals surface area contributed by atoms with Crippen molar-refractivity contribution in [2.45, 2.75) is 19.7 Å². The largest absolute Gasteiger partial charge is 0.493 e. The summed E-state index contributed by atoms with van der Waals surface area (Å²) in [7, 11) is 0. The van der Waals surface area contributed by atoms with Gasteiger partial charge in [0, 0.05) is 6.07 Å². The number of hydrogen-bond donors (Lipinski definition) is 0. The Morgan fingerprint density at radius 1 is 1.44 bits per heavy atom. The molecule has 0 saturated carbocycles. The van der Waals surface area contributed by atoms with Gasteiger partial charge in [0.15, 0.2) is 0 Å². The number of oxazole rings is 1. The summed E-state index contributed by atoms with van der Waals surface area (Å²) in [5, 5.41) is 0. The van der Waals surface area contributed by atoms with Crippen LogP contribution in [0.1, 0.15) is 18.4 Å². The second-order valence-electron chi connectivity index (χ2n) is 3.73. The van der Waals surface area contributed by atoms with Crippen molar-refractivity contribution < 1.29 is 13.5 Å². The maximum absolute atomic E-state index is 13.2. The molecule has 0 atom stereocenters. The Kier molecular flexibility index (Phi) is 3.87. The van der Waals surface area contributed by atoms with Gasteiger partial charge in [0.2, 0.25) is 5.89 Å². The fourth-order valence-electron chi connectivity index (χ4n) is 1.61. The van der Waals surface area contributed by atoms with Crippen LogP contribution in [0.4, 0.5) is 4.39 Å². The number of alkyl halides is 1. The molecular weight excluding hydrogens is 257 g/mol. The van der Waals surface area contributed by atoms with Crippen molar-refractivity contribution >= 4 is 11.6 Å². The average molecular weight is 270 g/mol. The number of halogens is 2. The van der Waals surface area contributed by atoms with Gasteiger partial charge in [-0.2, -0.15) is 0 Å². The van der Waals surface area contributed by atoms with Gasteiger partial charge in [-0.15, -0.1) is 11.6 Å². The minimum Gasteiger partial charge on any atom is -0.493 e. The number of aromatic nitrogens is 1. The first-order chi connectivity index (χ1) is 8.65. The minimum absolute atomic E-state index is 0.278. The molecular formula is C13H13ClFNO2. The maximum Gasteiger partial charge on any atom is 0.230 e. The average Bonchev–Trinajstić information content (AvgIpc) is 2.71. The summed E-state index contributed by atoms with van der Waals surface area (Å²) in [5.41, 5.74) is 1.30. The molecule has 1 heterocycles. The van der Waals surface area contributed by atoms with Gasteiger partial charge in [-0.3, -0.25) is 0 Å². The minimum atomic E-state index is -0.358. The Morgan fingerprint density at radius 3 is 2.83 bits per heavy atom. The summed E-state index contributed by atoms with van der Waals surface area (Å²) in [6.45, 7) is 4.07. The van der Waals surface area contributed by atoms with Crippen LogP contribution in [0, 0.1) is 12.7 Å². The predicted molar refractivity (Wildman–Crippen MR) is 67.4 cm³/mol. The van der Waals surface area contributed by atoms with Crippen molar-refractivity contribution in [2.24, 2.45) is 0 Å². The van der Waals surface area contributed by atoms with Crippen LogP contribution < -0.4 is 4.74 Å². The molecule has 0 fully saturated rings. The topological polar surface area (TPSA) is 35.3 Å². The standard InChI is InChI=1S/C13H13ClFNO2/c1-3-17-12-6-9(15)4-5-10(12)13-16-11(7-14)8(2)18-13/h4-6H,3,7H2,1-2H3. The van der Waals surface area contributed by atoms with Crippen LogP contribution in [0.2, 0.25) is 0 Å². The summed E-state index contributed by atoms with van der Waals surface area (Å²) >= 11 is 5.75. The smallest absolute Gasteiger partial charge is 0.230 e. The van der Waals surface area contributed by atoms with E-state index in [4.69, 9.17) is 20.8 Å². The first kappa shape index (κ1) is 12.9. The Morgan fingerprint density at radius 2 is 2.22 bits per heavy atom. The van der Waals surface area contributed by atoms with Crippen LogP contribution in [-0.4, -0.2) is 11.6 Å². The van der Waals surface area contributed by atoms with E-state index in [0.717, 1.165) is 0 Å². The highest BCUT2D eigenvalue weighted by Gasteiger charge is 2.15. The Bertz CT molecular complexity index is 554. The van der Waals surface area contributed by atoms with Crippen LogP contribution in [0.15, 0.2) is 22.6 Å². The lowest BCUT2D eigenvalue weighted by molar-refractivity contribution is 0.338. The number of aryl methyl sites for hydroxylation is 1. The highest BCUT2D eigenvalue weighted by molar-refractivity contribution is 6.17. The second kappa shape index (κ2) is 5.40. The Labute approximate surface area is 110 Å². The van der Waals surface area contributed by atoms with E-state index in [-0.39, 0.29) is 11.7 Å². The zero-order valence-corrected chi connectivity index (χ0v) is 10.9. The van der Waals surface area contributed by atoms with Gasteiger partial charge >= 0.3 is 0 Å². The number of hydrogen-bond acceptors (Lipinski definition) is 3. The van der Waals surface area contributed by atoms with Gasteiger partial charge in [0.1, 0.15) is 17.3 Å². The third-order valence-corrected chi connectivity index (χ3v) is 2.75. The Balaban J connectivity index is 2.48. The number of ether oxygens (including phenoxy) is 1. The molecule has 0 aliphatic heterocycles. The maximum atomic E-state index is 13.2. The molecule has 18 heavy (non-hydrogen) atoms. The molecule has 0 bridgehead atoms. The molecule has 0 radical (unpaired) electrons. The summed E-state index contributed by atoms with van der Waals surface area (Å²) < 4.78 is 24.1. The van der Waals surface area contributed by atoms with E-state index in [1.807, 2.05) is 6.92 Å². The van der Waals surface area contributed by atoms with Crippen molar-refractivity contribution in [2.75, 3.05) is 6.61 Å². The lowest BCUT2D eigenvalue weighted by atomic mass is 10.2. The fraction of sp³-hybridized carbons (Fsp3) is 0.308. The van der Waals surface area contributed by atoms with E-state index in [1.54, 1.807) is 13.0 Å². The Hall–Kier alpha value is -1.55. The van der Waals surface area contributed by atoms with E-state index >= 15 is 0 Å². The predicted octanol–water partition coefficient (Wildman–Crippen LogP) is 3.93. The van der Waals surface area contributed by atoms with Gasteiger partial charge in [0.25, 0.3) is 0 Å². The first-order valence-electron chi connectivity index (χ1n) is 5.60. The molecule has 5 heteroatoms. The number of rotatable bonds is 4. The van der Waals surface area contributed by atoms with Gasteiger partial charge in [0.05, 0.1) is 23.7 Å². The lowest BCUT2D eigenvalue weighted by Gasteiger charge is -2.07. The highest BCUT2D eigenvalue weighted by Crippen LogP contribution is 2.31. The summed E-state index contributed by atoms with van der Waals surface area (Å²) in [5.74, 6) is 1.39. The quantitative estimate of drug-likeness (QED) is 0.789. The number of benzene rings is 1. The van der Waals surface area contributed by atoms with Crippen LogP contribution >= 0.6 is 11.6 Å². The third kappa shape index (κ3) is 2.48. The van der Waals surface area contributed by atoms with E-state index < -0.39 is 0 Å². The summed E-state index contributed by atoms with van der Waals surface area (Å²) in [6, 6.07) is 4.25. The molecule has 96 valence electrons. The van der Waals surface area contributed by atoms with Gasteiger partial charge in [-0.05, 0) is 26.0 Å². The third-order valence-electron chi connectivity index (χ3n) is 2.49. The van der Waals surface area contributed by atoms with Crippen molar-refractivity contribution in [3.63, 3.8) is 0 Å². The van der Waals surface area contributed by atoms with Gasteiger partial charge in [-0.25, -0.2) is 9.37 Å². The normalized spacial score (nSPS) is 10.7. The molecule has 0 spiro atoms. The zero-order chi connectivity index (χ0) is 13.1. The second-order valence-corrected chi connectivity index (χ2v) is 4.00. The molecule has 0 saturated heterocycles. The van der Waals surface area contributed by atoms with Crippen molar-refractivity contribution in [1.82, 2.24) is 4.98 Å². The van der Waals surface area contributed by atoms with Crippen LogP contribution in [0.5, 0.6) is 5.75 Å². The van der Waals surface area contributed by atoms with Gasteiger partial charge < -0.3 is 9.15 Å². The van der Waals surface area contributed by atoms with Gasteiger partial charge in [-0.1, -0.05) is 0 Å². The molecule has 2 aromatic rings. The van der Waals surface area contributed by atoms with E-state index in [1.165, 1.54) is 12.1 Å². The molecule has 0 aliphatic rings. The molecule has 3 nitrogen and oxygen atoms in total. The summed E-state index contributed by atoms with van der Waals surface area (Å²) in [4.78, 5) is 4.27. The molecule has 0 N–H and O–H groups in total. The van der Waals surface area contributed by atoms with Crippen LogP contribution in [0.3, 0.4) is 0 Å². The molecule has 0 unspecified atom stereocenters. The van der Waals surface area contributed by atoms with E-state index in [9.17, 15) is 4.39 Å². The lowest BCUT2D eigenvalue weighted by Crippen LogP contribution is -1.95. The summed E-state index contributed by atoms with van der Waals surface area (Å²) in [6.07, 6.45) is 0. The molecule has 2 rings (SSSR count). The molecule has 1 aromatic carbocycles. The van der Waals surface area contributed by atoms with Crippen molar-refractivity contribution in [3.05, 3.63) is 35.5 Å². The van der Waals surface area contributed by atoms with Crippen molar-refractivity contribution in [1.29, 1.82) is 0 Å². The fourth-order valence-corrected chi connectivity index (χ4v) is 1.86. The molecule has 1 aromatic heterocycles. The highest BCUT2D eigenvalue weighted by atomic mass is 35.5. The monoisotopic (exact) mass is 269 g/mol. The first-order valence-corrected chi connectivity index (χ1v) is 6.14. The zero-order valence-electron chi connectivity index (χ0n) is 10.2. The van der Waals surface area contributed by atoms with Crippen molar-refractivity contribution in [3.8, 4) is 17.2 Å². The molecule has 0 aliphatic carbocycles. The van der Waals surface area contributed by atoms with Crippen LogP contribution in [0.25, 0.3) is 11.5 Å². The number of nitrogens with zero attached hydrogens (tertiary/aromatic N) is 1. The van der Waals surface area contributed by atoms with Crippen LogP contribution in [-0.2, 0) is 5.88 Å². The van der Waals surface area contributed by atoms with E-state index in [2.05, 4.69) is 4.98 Å². The SMILES string of the molecule is CCOc1cc(F)ccc1-c1nc(CCl)c(C)o1.